The van der Waals surface area contributed by atoms with Crippen LogP contribution in [0.5, 0.6) is 0 Å². The van der Waals surface area contributed by atoms with Gasteiger partial charge in [-0.3, -0.25) is 0 Å². The maximum absolute atomic E-state index is 12.7. The summed E-state index contributed by atoms with van der Waals surface area (Å²) in [5, 5.41) is 0.0713. The molecule has 2 unspecified atom stereocenters. The molecule has 8 heteroatoms. The molecular formula is C12H9BrClF5O. The topological polar surface area (TPSA) is 12.5 Å². The third-order valence-electron chi connectivity index (χ3n) is 3.16. The molecule has 1 aromatic rings. The second kappa shape index (κ2) is 5.42. The molecule has 0 N–H and O–H groups in total. The van der Waals surface area contributed by atoms with Gasteiger partial charge in [-0.2, -0.15) is 13.2 Å². The van der Waals surface area contributed by atoms with Gasteiger partial charge in [0.25, 0.3) is 0 Å². The minimum absolute atomic E-state index is 0.0713. The Labute approximate surface area is 125 Å². The first-order chi connectivity index (χ1) is 9.25. The summed E-state index contributed by atoms with van der Waals surface area (Å²) in [6.45, 7) is -2.10. The van der Waals surface area contributed by atoms with E-state index in [9.17, 15) is 22.0 Å². The van der Waals surface area contributed by atoms with Gasteiger partial charge < -0.3 is 4.74 Å². The molecule has 0 bridgehead atoms. The third kappa shape index (κ3) is 2.80. The van der Waals surface area contributed by atoms with Crippen molar-refractivity contribution in [3.8, 4) is 0 Å². The van der Waals surface area contributed by atoms with Gasteiger partial charge in [-0.25, -0.2) is 8.78 Å². The van der Waals surface area contributed by atoms with Crippen LogP contribution in [0.25, 0.3) is 0 Å². The zero-order valence-electron chi connectivity index (χ0n) is 9.85. The average Bonchev–Trinajstić information content (AvgIpc) is 3.12. The van der Waals surface area contributed by atoms with Crippen LogP contribution in [0.15, 0.2) is 18.2 Å². The molecule has 0 aromatic heterocycles. The van der Waals surface area contributed by atoms with Gasteiger partial charge >= 0.3 is 6.18 Å². The van der Waals surface area contributed by atoms with Gasteiger partial charge in [-0.1, -0.05) is 27.5 Å². The minimum atomic E-state index is -4.52. The number of alkyl halides is 6. The van der Waals surface area contributed by atoms with Crippen LogP contribution in [0.2, 0.25) is 5.02 Å². The molecule has 1 fully saturated rings. The molecule has 112 valence electrons. The van der Waals surface area contributed by atoms with Crippen LogP contribution in [0, 0.1) is 0 Å². The average molecular weight is 380 g/mol. The van der Waals surface area contributed by atoms with Crippen molar-refractivity contribution in [2.75, 3.05) is 13.3 Å². The second-order valence-corrected chi connectivity index (χ2v) is 5.90. The van der Waals surface area contributed by atoms with E-state index in [1.54, 1.807) is 0 Å². The van der Waals surface area contributed by atoms with E-state index in [1.165, 1.54) is 0 Å². The van der Waals surface area contributed by atoms with Gasteiger partial charge in [0.1, 0.15) is 19.5 Å². The van der Waals surface area contributed by atoms with E-state index in [0.29, 0.717) is 0 Å². The molecule has 0 amide bonds. The van der Waals surface area contributed by atoms with E-state index in [-0.39, 0.29) is 10.6 Å². The molecule has 1 aliphatic rings. The van der Waals surface area contributed by atoms with Crippen LogP contribution < -0.4 is 0 Å². The van der Waals surface area contributed by atoms with Crippen molar-refractivity contribution >= 4 is 27.5 Å². The van der Waals surface area contributed by atoms with E-state index in [1.807, 2.05) is 0 Å². The summed E-state index contributed by atoms with van der Waals surface area (Å²) >= 11 is 8.96. The number of ether oxygens (including phenoxy) is 1. The standard InChI is InChI=1S/C12H9BrClF5O/c13-9(10-11(4-15,5-16)20-10)7-3-6(12(17,18)19)1-2-8(7)14/h1-3,9-10H,4-5H2. The largest absolute Gasteiger partial charge is 0.416 e. The molecule has 0 radical (unpaired) electrons. The molecule has 0 aliphatic carbocycles. The summed E-state index contributed by atoms with van der Waals surface area (Å²) < 4.78 is 68.4. The number of hydrogen-bond donors (Lipinski definition) is 0. The van der Waals surface area contributed by atoms with Crippen LogP contribution in [-0.2, 0) is 10.9 Å². The lowest BCUT2D eigenvalue weighted by molar-refractivity contribution is -0.137. The van der Waals surface area contributed by atoms with Crippen molar-refractivity contribution in [2.45, 2.75) is 22.7 Å². The first kappa shape index (κ1) is 16.0. The fourth-order valence-electron chi connectivity index (χ4n) is 1.89. The van der Waals surface area contributed by atoms with E-state index in [0.717, 1.165) is 18.2 Å². The van der Waals surface area contributed by atoms with E-state index in [2.05, 4.69) is 15.9 Å². The van der Waals surface area contributed by atoms with Gasteiger partial charge in [-0.15, -0.1) is 0 Å². The zero-order chi connectivity index (χ0) is 15.1. The molecule has 2 atom stereocenters. The number of rotatable bonds is 4. The zero-order valence-corrected chi connectivity index (χ0v) is 12.2. The molecule has 0 spiro atoms. The highest BCUT2D eigenvalue weighted by Gasteiger charge is 2.60. The van der Waals surface area contributed by atoms with Crippen molar-refractivity contribution < 1.29 is 26.7 Å². The highest BCUT2D eigenvalue weighted by Crippen LogP contribution is 2.50. The molecule has 20 heavy (non-hydrogen) atoms. The van der Waals surface area contributed by atoms with Crippen LogP contribution >= 0.6 is 27.5 Å². The lowest BCUT2D eigenvalue weighted by atomic mass is 10.00. The Morgan fingerprint density at radius 3 is 2.35 bits per heavy atom. The first-order valence-corrected chi connectivity index (χ1v) is 6.85. The predicted molar refractivity (Wildman–Crippen MR) is 67.7 cm³/mol. The normalized spacial score (nSPS) is 22.6. The quantitative estimate of drug-likeness (QED) is 0.413. The van der Waals surface area contributed by atoms with E-state index < -0.39 is 41.6 Å². The smallest absolute Gasteiger partial charge is 0.359 e. The first-order valence-electron chi connectivity index (χ1n) is 5.55. The van der Waals surface area contributed by atoms with Gasteiger partial charge in [0.15, 0.2) is 5.60 Å². The van der Waals surface area contributed by atoms with E-state index >= 15 is 0 Å². The summed E-state index contributed by atoms with van der Waals surface area (Å²) in [5.74, 6) is 0. The molecule has 1 aromatic carbocycles. The van der Waals surface area contributed by atoms with Crippen LogP contribution in [0.1, 0.15) is 16.0 Å². The molecule has 1 aliphatic heterocycles. The summed E-state index contributed by atoms with van der Waals surface area (Å²) in [4.78, 5) is -0.816. The summed E-state index contributed by atoms with van der Waals surface area (Å²) in [6.07, 6.45) is -5.41. The summed E-state index contributed by atoms with van der Waals surface area (Å²) in [6, 6.07) is 2.80. The second-order valence-electron chi connectivity index (χ2n) is 4.51. The fourth-order valence-corrected chi connectivity index (χ4v) is 3.23. The fraction of sp³-hybridized carbons (Fsp3) is 0.500. The number of halogens is 7. The van der Waals surface area contributed by atoms with Crippen molar-refractivity contribution in [1.82, 2.24) is 0 Å². The van der Waals surface area contributed by atoms with E-state index in [4.69, 9.17) is 16.3 Å². The van der Waals surface area contributed by atoms with Gasteiger partial charge in [0, 0.05) is 5.02 Å². The Morgan fingerprint density at radius 1 is 1.30 bits per heavy atom. The Morgan fingerprint density at radius 2 is 1.90 bits per heavy atom. The molecule has 0 saturated carbocycles. The van der Waals surface area contributed by atoms with Crippen molar-refractivity contribution in [3.05, 3.63) is 34.3 Å². The Balaban J connectivity index is 2.29. The number of epoxide rings is 1. The SMILES string of the molecule is FCC1(CF)OC1C(Br)c1cc(C(F)(F)F)ccc1Cl. The summed E-state index contributed by atoms with van der Waals surface area (Å²) in [7, 11) is 0. The lowest BCUT2D eigenvalue weighted by Crippen LogP contribution is -2.23. The van der Waals surface area contributed by atoms with Crippen molar-refractivity contribution in [1.29, 1.82) is 0 Å². The van der Waals surface area contributed by atoms with Gasteiger partial charge in [-0.05, 0) is 23.8 Å². The summed E-state index contributed by atoms with van der Waals surface area (Å²) in [5.41, 5.74) is -2.37. The Bertz CT molecular complexity index is 503. The Hall–Kier alpha value is -0.400. The molecule has 1 nitrogen and oxygen atoms in total. The van der Waals surface area contributed by atoms with Crippen molar-refractivity contribution in [2.24, 2.45) is 0 Å². The lowest BCUT2D eigenvalue weighted by Gasteiger charge is -2.14. The monoisotopic (exact) mass is 378 g/mol. The van der Waals surface area contributed by atoms with Crippen LogP contribution in [0.4, 0.5) is 22.0 Å². The molecule has 2 rings (SSSR count). The van der Waals surface area contributed by atoms with Crippen LogP contribution in [0.3, 0.4) is 0 Å². The number of benzene rings is 1. The maximum Gasteiger partial charge on any atom is 0.416 e. The number of hydrogen-bond acceptors (Lipinski definition) is 1. The highest BCUT2D eigenvalue weighted by molar-refractivity contribution is 9.09. The van der Waals surface area contributed by atoms with Gasteiger partial charge in [0.05, 0.1) is 10.4 Å². The van der Waals surface area contributed by atoms with Crippen molar-refractivity contribution in [3.63, 3.8) is 0 Å². The highest BCUT2D eigenvalue weighted by atomic mass is 79.9. The molecular weight excluding hydrogens is 370 g/mol. The third-order valence-corrected chi connectivity index (χ3v) is 4.48. The minimum Gasteiger partial charge on any atom is -0.359 e. The molecule has 1 saturated heterocycles. The Kier molecular flexibility index (Phi) is 4.33. The van der Waals surface area contributed by atoms with Gasteiger partial charge in [0.2, 0.25) is 0 Å². The molecule has 1 heterocycles. The van der Waals surface area contributed by atoms with Crippen LogP contribution in [-0.4, -0.2) is 25.1 Å². The maximum atomic E-state index is 12.7. The predicted octanol–water partition coefficient (Wildman–Crippen LogP) is 4.87.